The molecule has 7 heteroatoms. The molecule has 138 valence electrons. The zero-order valence-electron chi connectivity index (χ0n) is 14.8. The monoisotopic (exact) mass is 372 g/mol. The smallest absolute Gasteiger partial charge is 0.226 e. The van der Waals surface area contributed by atoms with Crippen molar-refractivity contribution in [3.05, 3.63) is 69.2 Å². The highest BCUT2D eigenvalue weighted by Gasteiger charge is 2.44. The molecule has 0 fully saturated rings. The number of nitriles is 1. The predicted octanol–water partition coefficient (Wildman–Crippen LogP) is 1.52. The molecule has 2 aliphatic carbocycles. The normalized spacial score (nSPS) is 21.8. The third-order valence-electron chi connectivity index (χ3n) is 5.35. The van der Waals surface area contributed by atoms with Crippen LogP contribution in [0.3, 0.4) is 0 Å². The first kappa shape index (κ1) is 17.6. The molecule has 0 saturated carbocycles. The summed E-state index contributed by atoms with van der Waals surface area (Å²) in [5.41, 5.74) is 7.79. The van der Waals surface area contributed by atoms with E-state index in [4.69, 9.17) is 16.4 Å². The Morgan fingerprint density at radius 2 is 1.82 bits per heavy atom. The molecule has 1 aromatic carbocycles. The van der Waals surface area contributed by atoms with E-state index in [1.165, 1.54) is 0 Å². The standard InChI is InChI=1S/C21H16N4O3/c22-8-10-4-6-11(7-5-10)15-16-13(2-1-3-14(16)26)25-19-17(15)20(27)12(9-23)18(24)21(19)28/h4-7,9,15,23,25H,1-3,24H2. The van der Waals surface area contributed by atoms with Gasteiger partial charge < -0.3 is 16.5 Å². The van der Waals surface area contributed by atoms with Gasteiger partial charge in [0.05, 0.1) is 28.6 Å². The van der Waals surface area contributed by atoms with Crippen LogP contribution in [0.15, 0.2) is 58.1 Å². The van der Waals surface area contributed by atoms with Gasteiger partial charge in [-0.2, -0.15) is 5.26 Å². The quantitative estimate of drug-likeness (QED) is 0.532. The maximum absolute atomic E-state index is 13.1. The number of ketones is 3. The molecule has 0 spiro atoms. The zero-order valence-corrected chi connectivity index (χ0v) is 14.8. The first-order valence-corrected chi connectivity index (χ1v) is 8.85. The summed E-state index contributed by atoms with van der Waals surface area (Å²) < 4.78 is 0. The first-order chi connectivity index (χ1) is 13.5. The van der Waals surface area contributed by atoms with Gasteiger partial charge in [-0.25, -0.2) is 0 Å². The number of carbonyl (C=O) groups is 3. The van der Waals surface area contributed by atoms with Crippen LogP contribution in [0, 0.1) is 16.7 Å². The molecule has 1 aromatic rings. The number of allylic oxidation sites excluding steroid dienone is 4. The molecule has 0 radical (unpaired) electrons. The van der Waals surface area contributed by atoms with E-state index in [-0.39, 0.29) is 28.3 Å². The number of nitrogens with one attached hydrogen (secondary N) is 2. The molecule has 1 unspecified atom stereocenters. The molecule has 7 nitrogen and oxygen atoms in total. The van der Waals surface area contributed by atoms with Crippen LogP contribution in [0.5, 0.6) is 0 Å². The molecule has 1 heterocycles. The number of nitrogens with two attached hydrogens (primary N) is 1. The Morgan fingerprint density at radius 3 is 2.46 bits per heavy atom. The zero-order chi connectivity index (χ0) is 20.0. The maximum atomic E-state index is 13.1. The second-order valence-corrected chi connectivity index (χ2v) is 6.88. The van der Waals surface area contributed by atoms with Crippen LogP contribution in [0.25, 0.3) is 0 Å². The van der Waals surface area contributed by atoms with E-state index in [2.05, 4.69) is 5.32 Å². The van der Waals surface area contributed by atoms with Gasteiger partial charge >= 0.3 is 0 Å². The van der Waals surface area contributed by atoms with Gasteiger partial charge in [-0.15, -0.1) is 0 Å². The number of hydrogen-bond acceptors (Lipinski definition) is 7. The fourth-order valence-electron chi connectivity index (χ4n) is 4.01. The Bertz CT molecular complexity index is 1100. The lowest BCUT2D eigenvalue weighted by Gasteiger charge is -2.36. The number of dihydropyridines is 1. The van der Waals surface area contributed by atoms with Crippen molar-refractivity contribution in [3.63, 3.8) is 0 Å². The molecular formula is C21H16N4O3. The number of benzene rings is 1. The summed E-state index contributed by atoms with van der Waals surface area (Å²) in [6, 6.07) is 8.64. The highest BCUT2D eigenvalue weighted by Crippen LogP contribution is 2.44. The number of nitrogens with zero attached hydrogens (tertiary/aromatic N) is 1. The van der Waals surface area contributed by atoms with Crippen molar-refractivity contribution in [1.82, 2.24) is 5.32 Å². The molecular weight excluding hydrogens is 356 g/mol. The van der Waals surface area contributed by atoms with Crippen molar-refractivity contribution in [3.8, 4) is 6.07 Å². The second kappa shape index (κ2) is 6.43. The Morgan fingerprint density at radius 1 is 1.11 bits per heavy atom. The molecule has 28 heavy (non-hydrogen) atoms. The van der Waals surface area contributed by atoms with Crippen LogP contribution in [-0.4, -0.2) is 23.6 Å². The summed E-state index contributed by atoms with van der Waals surface area (Å²) in [7, 11) is 0. The minimum absolute atomic E-state index is 0.0752. The van der Waals surface area contributed by atoms with Crippen LogP contribution in [0.2, 0.25) is 0 Å². The van der Waals surface area contributed by atoms with E-state index in [1.54, 1.807) is 24.3 Å². The van der Waals surface area contributed by atoms with E-state index in [0.29, 0.717) is 41.7 Å². The molecule has 4 N–H and O–H groups in total. The van der Waals surface area contributed by atoms with Gasteiger partial charge in [-0.05, 0) is 30.5 Å². The molecule has 0 aromatic heterocycles. The topological polar surface area (TPSA) is 137 Å². The largest absolute Gasteiger partial charge is 0.395 e. The molecule has 0 amide bonds. The fraction of sp³-hybridized carbons (Fsp3) is 0.190. The molecule has 0 saturated heterocycles. The highest BCUT2D eigenvalue weighted by molar-refractivity contribution is 6.33. The summed E-state index contributed by atoms with van der Waals surface area (Å²) in [5.74, 6) is -1.88. The average Bonchev–Trinajstić information content (AvgIpc) is 2.71. The highest BCUT2D eigenvalue weighted by atomic mass is 16.1. The van der Waals surface area contributed by atoms with Gasteiger partial charge in [-0.1, -0.05) is 12.1 Å². The molecule has 1 aliphatic heterocycles. The third-order valence-corrected chi connectivity index (χ3v) is 5.35. The van der Waals surface area contributed by atoms with E-state index in [0.717, 1.165) is 6.21 Å². The van der Waals surface area contributed by atoms with Crippen molar-refractivity contribution >= 4 is 23.6 Å². The lowest BCUT2D eigenvalue weighted by Crippen LogP contribution is -2.42. The summed E-state index contributed by atoms with van der Waals surface area (Å²) in [6.07, 6.45) is 2.40. The molecule has 1 atom stereocenters. The summed E-state index contributed by atoms with van der Waals surface area (Å²) in [6.45, 7) is 0. The van der Waals surface area contributed by atoms with E-state index < -0.39 is 17.5 Å². The summed E-state index contributed by atoms with van der Waals surface area (Å²) >= 11 is 0. The van der Waals surface area contributed by atoms with E-state index in [9.17, 15) is 14.4 Å². The predicted molar refractivity (Wildman–Crippen MR) is 100.0 cm³/mol. The molecule has 0 bridgehead atoms. The van der Waals surface area contributed by atoms with Crippen LogP contribution in [0.1, 0.15) is 36.3 Å². The first-order valence-electron chi connectivity index (χ1n) is 8.85. The van der Waals surface area contributed by atoms with Crippen LogP contribution in [0.4, 0.5) is 0 Å². The van der Waals surface area contributed by atoms with Crippen molar-refractivity contribution in [2.75, 3.05) is 0 Å². The number of hydrogen-bond donors (Lipinski definition) is 3. The van der Waals surface area contributed by atoms with Gasteiger partial charge in [0.2, 0.25) is 5.78 Å². The van der Waals surface area contributed by atoms with Crippen molar-refractivity contribution in [2.24, 2.45) is 5.73 Å². The average molecular weight is 372 g/mol. The van der Waals surface area contributed by atoms with Gasteiger partial charge in [0.15, 0.2) is 11.6 Å². The SMILES string of the molecule is N#Cc1ccc(C2C3=C(CCCC3=O)NC3=C2C(=O)C(C=N)=C(N)C3=O)cc1. The van der Waals surface area contributed by atoms with Crippen LogP contribution < -0.4 is 11.1 Å². The summed E-state index contributed by atoms with van der Waals surface area (Å²) in [5, 5.41) is 19.5. The fourth-order valence-corrected chi connectivity index (χ4v) is 4.01. The third kappa shape index (κ3) is 2.42. The van der Waals surface area contributed by atoms with Crippen molar-refractivity contribution in [1.29, 1.82) is 10.7 Å². The lowest BCUT2D eigenvalue weighted by atomic mass is 9.71. The van der Waals surface area contributed by atoms with Crippen molar-refractivity contribution < 1.29 is 14.4 Å². The van der Waals surface area contributed by atoms with Gasteiger partial charge in [0.25, 0.3) is 0 Å². The van der Waals surface area contributed by atoms with Gasteiger partial charge in [0.1, 0.15) is 0 Å². The molecule has 4 rings (SSSR count). The van der Waals surface area contributed by atoms with Gasteiger partial charge in [-0.3, -0.25) is 14.4 Å². The minimum Gasteiger partial charge on any atom is -0.395 e. The number of rotatable bonds is 2. The lowest BCUT2D eigenvalue weighted by molar-refractivity contribution is -0.118. The van der Waals surface area contributed by atoms with Gasteiger partial charge in [0, 0.05) is 35.4 Å². The summed E-state index contributed by atoms with van der Waals surface area (Å²) in [4.78, 5) is 38.7. The maximum Gasteiger partial charge on any atom is 0.226 e. The molecule has 3 aliphatic rings. The second-order valence-electron chi connectivity index (χ2n) is 6.88. The van der Waals surface area contributed by atoms with E-state index in [1.807, 2.05) is 6.07 Å². The van der Waals surface area contributed by atoms with Crippen LogP contribution in [-0.2, 0) is 14.4 Å². The van der Waals surface area contributed by atoms with Crippen LogP contribution >= 0.6 is 0 Å². The Hall–Kier alpha value is -3.79. The number of carbonyl (C=O) groups excluding carboxylic acids is 3. The minimum atomic E-state index is -0.730. The van der Waals surface area contributed by atoms with Crippen molar-refractivity contribution in [2.45, 2.75) is 25.2 Å². The van der Waals surface area contributed by atoms with E-state index >= 15 is 0 Å². The Labute approximate surface area is 160 Å². The number of Topliss-reactive ketones (excluding diaryl/α,β-unsaturated/α-hetero) is 3. The Balaban J connectivity index is 1.96. The Kier molecular flexibility index (Phi) is 4.04.